The highest BCUT2D eigenvalue weighted by atomic mass is 32.2. The van der Waals surface area contributed by atoms with Gasteiger partial charge in [0.25, 0.3) is 15.9 Å². The molecule has 0 saturated carbocycles. The van der Waals surface area contributed by atoms with Crippen LogP contribution in [-0.2, 0) is 14.9 Å². The number of hydrogen-bond donors (Lipinski definition) is 0. The van der Waals surface area contributed by atoms with E-state index >= 15 is 0 Å². The zero-order valence-electron chi connectivity index (χ0n) is 13.5. The minimum atomic E-state index is -4.37. The van der Waals surface area contributed by atoms with Gasteiger partial charge in [-0.05, 0) is 25.1 Å². The highest BCUT2D eigenvalue weighted by Crippen LogP contribution is 2.21. The second kappa shape index (κ2) is 7.95. The molecule has 0 aliphatic rings. The Morgan fingerprint density at radius 1 is 1.29 bits per heavy atom. The number of alkyl halides is 3. The predicted molar refractivity (Wildman–Crippen MR) is 80.6 cm³/mol. The van der Waals surface area contributed by atoms with Gasteiger partial charge in [0, 0.05) is 25.7 Å². The van der Waals surface area contributed by atoms with Crippen molar-refractivity contribution in [3.8, 4) is 0 Å². The van der Waals surface area contributed by atoms with Crippen LogP contribution in [0.2, 0.25) is 0 Å². The van der Waals surface area contributed by atoms with E-state index in [1.165, 1.54) is 32.4 Å². The Hall–Kier alpha value is -1.65. The van der Waals surface area contributed by atoms with E-state index in [2.05, 4.69) is 4.84 Å². The number of halogens is 3. The largest absolute Gasteiger partial charge is 0.390 e. The molecule has 0 heterocycles. The van der Waals surface area contributed by atoms with Crippen LogP contribution in [0.5, 0.6) is 0 Å². The zero-order chi connectivity index (χ0) is 18.5. The second-order valence-corrected chi connectivity index (χ2v) is 6.81. The molecule has 1 aromatic carbocycles. The number of carbonyl (C=O) groups is 1. The fourth-order valence-electron chi connectivity index (χ4n) is 1.88. The Kier molecular flexibility index (Phi) is 6.76. The van der Waals surface area contributed by atoms with Gasteiger partial charge < -0.3 is 4.90 Å². The van der Waals surface area contributed by atoms with Crippen molar-refractivity contribution in [3.05, 3.63) is 29.8 Å². The van der Waals surface area contributed by atoms with E-state index in [1.54, 1.807) is 6.92 Å². The van der Waals surface area contributed by atoms with Gasteiger partial charge in [-0.15, -0.1) is 0 Å². The van der Waals surface area contributed by atoms with Crippen molar-refractivity contribution in [3.63, 3.8) is 0 Å². The molecular weight excluding hydrogens is 349 g/mol. The summed E-state index contributed by atoms with van der Waals surface area (Å²) in [6.07, 6.45) is -5.50. The third-order valence-corrected chi connectivity index (χ3v) is 4.98. The molecule has 0 saturated heterocycles. The van der Waals surface area contributed by atoms with E-state index in [-0.39, 0.29) is 17.0 Å². The standard InChI is InChI=1S/C14H19F3N2O4S/c1-4-19(9-8-14(15,16)17)13(20)11-6-5-7-12(10-11)24(21,22)18(2)23-3/h5-7,10H,4,8-9H2,1-3H3. The summed E-state index contributed by atoms with van der Waals surface area (Å²) >= 11 is 0. The molecule has 0 unspecified atom stereocenters. The molecule has 24 heavy (non-hydrogen) atoms. The average Bonchev–Trinajstić information content (AvgIpc) is 2.53. The lowest BCUT2D eigenvalue weighted by atomic mass is 10.2. The summed E-state index contributed by atoms with van der Waals surface area (Å²) in [7, 11) is -1.60. The SMILES string of the molecule is CCN(CCC(F)(F)F)C(=O)c1cccc(S(=O)(=O)N(C)OC)c1. The lowest BCUT2D eigenvalue weighted by Crippen LogP contribution is -2.34. The molecule has 1 aromatic rings. The topological polar surface area (TPSA) is 66.9 Å². The number of amides is 1. The van der Waals surface area contributed by atoms with Crippen molar-refractivity contribution in [1.82, 2.24) is 9.37 Å². The molecule has 0 spiro atoms. The maximum Gasteiger partial charge on any atom is 0.390 e. The number of benzene rings is 1. The van der Waals surface area contributed by atoms with Crippen molar-refractivity contribution in [2.45, 2.75) is 24.4 Å². The van der Waals surface area contributed by atoms with E-state index in [1.807, 2.05) is 0 Å². The lowest BCUT2D eigenvalue weighted by Gasteiger charge is -2.22. The van der Waals surface area contributed by atoms with Gasteiger partial charge >= 0.3 is 6.18 Å². The predicted octanol–water partition coefficient (Wildman–Crippen LogP) is 2.28. The first-order valence-corrected chi connectivity index (χ1v) is 8.46. The fraction of sp³-hybridized carbons (Fsp3) is 0.500. The van der Waals surface area contributed by atoms with Crippen molar-refractivity contribution in [1.29, 1.82) is 0 Å². The molecule has 136 valence electrons. The molecule has 0 aromatic heterocycles. The quantitative estimate of drug-likeness (QED) is 0.693. The molecule has 10 heteroatoms. The molecule has 6 nitrogen and oxygen atoms in total. The van der Waals surface area contributed by atoms with E-state index in [4.69, 9.17) is 0 Å². The van der Waals surface area contributed by atoms with Crippen LogP contribution in [0.15, 0.2) is 29.2 Å². The first-order chi connectivity index (χ1) is 11.0. The van der Waals surface area contributed by atoms with Crippen LogP contribution in [0.3, 0.4) is 0 Å². The number of rotatable bonds is 7. The first-order valence-electron chi connectivity index (χ1n) is 7.02. The number of hydroxylamine groups is 1. The Morgan fingerprint density at radius 2 is 1.92 bits per heavy atom. The Balaban J connectivity index is 3.05. The molecule has 0 atom stereocenters. The van der Waals surface area contributed by atoms with Crippen molar-refractivity contribution >= 4 is 15.9 Å². The highest BCUT2D eigenvalue weighted by Gasteiger charge is 2.29. The summed E-state index contributed by atoms with van der Waals surface area (Å²) in [5, 5.41) is 0. The summed E-state index contributed by atoms with van der Waals surface area (Å²) in [5.74, 6) is -0.668. The van der Waals surface area contributed by atoms with Gasteiger partial charge in [0.15, 0.2) is 0 Å². The summed E-state index contributed by atoms with van der Waals surface area (Å²) in [6.45, 7) is 1.13. The maximum atomic E-state index is 12.3. The number of carbonyl (C=O) groups excluding carboxylic acids is 1. The minimum absolute atomic E-state index is 0.00963. The zero-order valence-corrected chi connectivity index (χ0v) is 14.3. The normalized spacial score (nSPS) is 12.5. The van der Waals surface area contributed by atoms with E-state index in [0.29, 0.717) is 4.47 Å². The van der Waals surface area contributed by atoms with E-state index in [9.17, 15) is 26.4 Å². The van der Waals surface area contributed by atoms with Gasteiger partial charge in [-0.25, -0.2) is 8.42 Å². The summed E-state index contributed by atoms with van der Waals surface area (Å²) in [5.41, 5.74) is -0.00963. The maximum absolute atomic E-state index is 12.3. The molecule has 0 bridgehead atoms. The van der Waals surface area contributed by atoms with Crippen LogP contribution in [0.1, 0.15) is 23.7 Å². The molecule has 0 radical (unpaired) electrons. The monoisotopic (exact) mass is 368 g/mol. The first kappa shape index (κ1) is 20.4. The molecule has 0 aliphatic heterocycles. The van der Waals surface area contributed by atoms with E-state index < -0.39 is 35.1 Å². The van der Waals surface area contributed by atoms with Crippen molar-refractivity contribution < 1.29 is 31.2 Å². The fourth-order valence-corrected chi connectivity index (χ4v) is 2.90. The van der Waals surface area contributed by atoms with Crippen LogP contribution < -0.4 is 0 Å². The number of hydrogen-bond acceptors (Lipinski definition) is 4. The Bertz CT molecular complexity index is 677. The van der Waals surface area contributed by atoms with Crippen LogP contribution in [-0.4, -0.2) is 57.1 Å². The van der Waals surface area contributed by atoms with Crippen LogP contribution >= 0.6 is 0 Å². The summed E-state index contributed by atoms with van der Waals surface area (Å²) in [6, 6.07) is 5.09. The van der Waals surface area contributed by atoms with Crippen molar-refractivity contribution in [2.75, 3.05) is 27.2 Å². The number of nitrogens with zero attached hydrogens (tertiary/aromatic N) is 2. The molecule has 1 amide bonds. The minimum Gasteiger partial charge on any atom is -0.339 e. The van der Waals surface area contributed by atoms with Gasteiger partial charge in [0.2, 0.25) is 0 Å². The third kappa shape index (κ3) is 5.18. The Morgan fingerprint density at radius 3 is 2.42 bits per heavy atom. The smallest absolute Gasteiger partial charge is 0.339 e. The van der Waals surface area contributed by atoms with Crippen LogP contribution in [0.25, 0.3) is 0 Å². The van der Waals surface area contributed by atoms with Crippen LogP contribution in [0, 0.1) is 0 Å². The summed E-state index contributed by atoms with van der Waals surface area (Å²) < 4.78 is 61.9. The summed E-state index contributed by atoms with van der Waals surface area (Å²) in [4.78, 5) is 17.8. The molecule has 0 aliphatic carbocycles. The molecule has 0 N–H and O–H groups in total. The van der Waals surface area contributed by atoms with Gasteiger partial charge in [-0.1, -0.05) is 10.5 Å². The average molecular weight is 368 g/mol. The molecule has 0 fully saturated rings. The number of sulfonamides is 1. The molecular formula is C14H19F3N2O4S. The van der Waals surface area contributed by atoms with Gasteiger partial charge in [0.1, 0.15) is 0 Å². The van der Waals surface area contributed by atoms with Crippen LogP contribution in [0.4, 0.5) is 13.2 Å². The molecule has 1 rings (SSSR count). The van der Waals surface area contributed by atoms with Crippen molar-refractivity contribution in [2.24, 2.45) is 0 Å². The van der Waals surface area contributed by atoms with Gasteiger partial charge in [-0.3, -0.25) is 9.63 Å². The van der Waals surface area contributed by atoms with Gasteiger partial charge in [-0.2, -0.15) is 13.2 Å². The highest BCUT2D eigenvalue weighted by molar-refractivity contribution is 7.89. The Labute approximate surface area is 138 Å². The lowest BCUT2D eigenvalue weighted by molar-refractivity contribution is -0.136. The van der Waals surface area contributed by atoms with E-state index in [0.717, 1.165) is 11.0 Å². The van der Waals surface area contributed by atoms with Gasteiger partial charge in [0.05, 0.1) is 18.4 Å². The third-order valence-electron chi connectivity index (χ3n) is 3.31. The second-order valence-electron chi connectivity index (χ2n) is 4.88.